The quantitative estimate of drug-likeness (QED) is 0.702. The van der Waals surface area contributed by atoms with E-state index in [1.165, 1.54) is 0 Å². The minimum atomic E-state index is -0.199. The van der Waals surface area contributed by atoms with E-state index in [0.717, 1.165) is 32.5 Å². The number of carbonyl (C=O) groups excluding carboxylic acids is 1. The molecule has 0 radical (unpaired) electrons. The third kappa shape index (κ3) is 3.51. The minimum Gasteiger partial charge on any atom is -0.320 e. The number of benzene rings is 2. The maximum Gasteiger partial charge on any atom is 0.273 e. The zero-order valence-electron chi connectivity index (χ0n) is 12.9. The first-order valence-electron chi connectivity index (χ1n) is 7.23. The lowest BCUT2D eigenvalue weighted by Crippen LogP contribution is -2.13. The molecule has 2 N–H and O–H groups in total. The van der Waals surface area contributed by atoms with Gasteiger partial charge in [0, 0.05) is 15.7 Å². The summed E-state index contributed by atoms with van der Waals surface area (Å²) in [6, 6.07) is 15.5. The molecule has 0 aliphatic rings. The fraction of sp³-hybridized carbons (Fsp3) is 0.111. The molecule has 3 rings (SSSR count). The standard InChI is InChI=1S/C18H16BrN3O/c1-11-3-4-12(2)15(9-11)20-18(23)17-10-16(21-22-17)13-5-7-14(19)8-6-13/h3-10H,1-2H3,(H,20,23)(H,21,22). The van der Waals surface area contributed by atoms with Gasteiger partial charge in [-0.2, -0.15) is 5.10 Å². The number of halogens is 1. The van der Waals surface area contributed by atoms with E-state index in [9.17, 15) is 4.79 Å². The van der Waals surface area contributed by atoms with E-state index in [-0.39, 0.29) is 5.91 Å². The van der Waals surface area contributed by atoms with Gasteiger partial charge < -0.3 is 5.32 Å². The molecule has 0 atom stereocenters. The Bertz CT molecular complexity index is 853. The van der Waals surface area contributed by atoms with Gasteiger partial charge in [0.25, 0.3) is 5.91 Å². The van der Waals surface area contributed by atoms with Crippen molar-refractivity contribution in [3.05, 3.63) is 69.8 Å². The van der Waals surface area contributed by atoms with Gasteiger partial charge in [0.05, 0.1) is 5.69 Å². The van der Waals surface area contributed by atoms with Gasteiger partial charge in [-0.3, -0.25) is 9.89 Å². The largest absolute Gasteiger partial charge is 0.320 e. The van der Waals surface area contributed by atoms with Crippen molar-refractivity contribution in [1.29, 1.82) is 0 Å². The van der Waals surface area contributed by atoms with Crippen LogP contribution in [0.2, 0.25) is 0 Å². The number of amides is 1. The van der Waals surface area contributed by atoms with E-state index in [1.54, 1.807) is 6.07 Å². The van der Waals surface area contributed by atoms with Crippen LogP contribution in [0.1, 0.15) is 21.6 Å². The lowest BCUT2D eigenvalue weighted by molar-refractivity contribution is 0.102. The maximum atomic E-state index is 12.4. The van der Waals surface area contributed by atoms with E-state index in [2.05, 4.69) is 31.4 Å². The number of rotatable bonds is 3. The number of aromatic amines is 1. The molecule has 1 heterocycles. The Morgan fingerprint density at radius 1 is 1.09 bits per heavy atom. The number of H-pyrrole nitrogens is 1. The highest BCUT2D eigenvalue weighted by Gasteiger charge is 2.12. The van der Waals surface area contributed by atoms with Crippen LogP contribution >= 0.6 is 15.9 Å². The van der Waals surface area contributed by atoms with Gasteiger partial charge in [-0.25, -0.2) is 0 Å². The van der Waals surface area contributed by atoms with E-state index in [4.69, 9.17) is 0 Å². The first-order chi connectivity index (χ1) is 11.0. The summed E-state index contributed by atoms with van der Waals surface area (Å²) < 4.78 is 1.00. The molecule has 0 aliphatic heterocycles. The Labute approximate surface area is 143 Å². The van der Waals surface area contributed by atoms with Crippen LogP contribution in [0.25, 0.3) is 11.3 Å². The van der Waals surface area contributed by atoms with Crippen LogP contribution in [-0.4, -0.2) is 16.1 Å². The molecular weight excluding hydrogens is 354 g/mol. The zero-order valence-corrected chi connectivity index (χ0v) is 14.4. The third-order valence-electron chi connectivity index (χ3n) is 3.60. The molecule has 0 fully saturated rings. The summed E-state index contributed by atoms with van der Waals surface area (Å²) in [7, 11) is 0. The molecule has 23 heavy (non-hydrogen) atoms. The van der Waals surface area contributed by atoms with E-state index >= 15 is 0 Å². The van der Waals surface area contributed by atoms with E-state index < -0.39 is 0 Å². The molecule has 1 amide bonds. The van der Waals surface area contributed by atoms with Crippen molar-refractivity contribution >= 4 is 27.5 Å². The second-order valence-corrected chi connectivity index (χ2v) is 6.36. The second kappa shape index (κ2) is 6.38. The molecule has 0 saturated carbocycles. The van der Waals surface area contributed by atoms with Crippen LogP contribution in [0, 0.1) is 13.8 Å². The van der Waals surface area contributed by atoms with Crippen molar-refractivity contribution in [3.63, 3.8) is 0 Å². The summed E-state index contributed by atoms with van der Waals surface area (Å²) in [5.74, 6) is -0.199. The maximum absolute atomic E-state index is 12.4. The predicted molar refractivity (Wildman–Crippen MR) is 95.6 cm³/mol. The fourth-order valence-electron chi connectivity index (χ4n) is 2.27. The molecular formula is C18H16BrN3O. The van der Waals surface area contributed by atoms with E-state index in [0.29, 0.717) is 5.69 Å². The number of hydrogen-bond acceptors (Lipinski definition) is 2. The van der Waals surface area contributed by atoms with Gasteiger partial charge in [0.2, 0.25) is 0 Å². The number of hydrogen-bond donors (Lipinski definition) is 2. The molecule has 4 nitrogen and oxygen atoms in total. The average molecular weight is 370 g/mol. The molecule has 0 bridgehead atoms. The molecule has 0 spiro atoms. The number of aromatic nitrogens is 2. The lowest BCUT2D eigenvalue weighted by Gasteiger charge is -2.08. The van der Waals surface area contributed by atoms with Crippen molar-refractivity contribution in [2.24, 2.45) is 0 Å². The van der Waals surface area contributed by atoms with Gasteiger partial charge >= 0.3 is 0 Å². The summed E-state index contributed by atoms with van der Waals surface area (Å²) in [5, 5.41) is 9.94. The van der Waals surface area contributed by atoms with Gasteiger partial charge in [0.15, 0.2) is 0 Å². The summed E-state index contributed by atoms with van der Waals surface area (Å²) in [6.45, 7) is 3.96. The molecule has 3 aromatic rings. The van der Waals surface area contributed by atoms with Crippen LogP contribution < -0.4 is 5.32 Å². The van der Waals surface area contributed by atoms with Crippen LogP contribution in [-0.2, 0) is 0 Å². The van der Waals surface area contributed by atoms with E-state index in [1.807, 2.05) is 56.3 Å². The monoisotopic (exact) mass is 369 g/mol. The number of nitrogens with one attached hydrogen (secondary N) is 2. The van der Waals surface area contributed by atoms with Gasteiger partial charge in [-0.1, -0.05) is 40.2 Å². The number of nitrogens with zero attached hydrogens (tertiary/aromatic N) is 1. The number of carbonyl (C=O) groups is 1. The summed E-state index contributed by atoms with van der Waals surface area (Å²) in [6.07, 6.45) is 0. The normalized spacial score (nSPS) is 10.6. The highest BCUT2D eigenvalue weighted by molar-refractivity contribution is 9.10. The highest BCUT2D eigenvalue weighted by Crippen LogP contribution is 2.21. The highest BCUT2D eigenvalue weighted by atomic mass is 79.9. The van der Waals surface area contributed by atoms with Crippen LogP contribution in [0.15, 0.2) is 53.0 Å². The van der Waals surface area contributed by atoms with Crippen molar-refractivity contribution < 1.29 is 4.79 Å². The smallest absolute Gasteiger partial charge is 0.273 e. The van der Waals surface area contributed by atoms with Crippen LogP contribution in [0.3, 0.4) is 0 Å². The molecule has 0 aliphatic carbocycles. The van der Waals surface area contributed by atoms with Crippen LogP contribution in [0.5, 0.6) is 0 Å². The topological polar surface area (TPSA) is 57.8 Å². The van der Waals surface area contributed by atoms with Crippen LogP contribution in [0.4, 0.5) is 5.69 Å². The Morgan fingerprint density at radius 2 is 1.83 bits per heavy atom. The lowest BCUT2D eigenvalue weighted by atomic mass is 10.1. The van der Waals surface area contributed by atoms with Gasteiger partial charge in [-0.15, -0.1) is 0 Å². The summed E-state index contributed by atoms with van der Waals surface area (Å²) >= 11 is 3.40. The van der Waals surface area contributed by atoms with Gasteiger partial charge in [-0.05, 0) is 49.2 Å². The second-order valence-electron chi connectivity index (χ2n) is 5.45. The zero-order chi connectivity index (χ0) is 16.4. The summed E-state index contributed by atoms with van der Waals surface area (Å²) in [5.41, 5.74) is 5.07. The average Bonchev–Trinajstić information content (AvgIpc) is 3.02. The molecule has 5 heteroatoms. The van der Waals surface area contributed by atoms with Crippen molar-refractivity contribution in [2.45, 2.75) is 13.8 Å². The predicted octanol–water partition coefficient (Wildman–Crippen LogP) is 4.71. The molecule has 116 valence electrons. The SMILES string of the molecule is Cc1ccc(C)c(NC(=O)c2cc(-c3ccc(Br)cc3)n[nH]2)c1. The van der Waals surface area contributed by atoms with Crippen molar-refractivity contribution in [1.82, 2.24) is 10.2 Å². The number of anilines is 1. The van der Waals surface area contributed by atoms with Gasteiger partial charge in [0.1, 0.15) is 5.69 Å². The summed E-state index contributed by atoms with van der Waals surface area (Å²) in [4.78, 5) is 12.4. The van der Waals surface area contributed by atoms with Crippen molar-refractivity contribution in [2.75, 3.05) is 5.32 Å². The number of aryl methyl sites for hydroxylation is 2. The first-order valence-corrected chi connectivity index (χ1v) is 8.02. The Balaban J connectivity index is 1.81. The fourth-order valence-corrected chi connectivity index (χ4v) is 2.53. The third-order valence-corrected chi connectivity index (χ3v) is 4.13. The molecule has 0 unspecified atom stereocenters. The molecule has 2 aromatic carbocycles. The molecule has 1 aromatic heterocycles. The molecule has 0 saturated heterocycles. The Kier molecular flexibility index (Phi) is 4.30. The Hall–Kier alpha value is -2.40. The van der Waals surface area contributed by atoms with Crippen molar-refractivity contribution in [3.8, 4) is 11.3 Å². The minimum absolute atomic E-state index is 0.199. The first kappa shape index (κ1) is 15.5. The Morgan fingerprint density at radius 3 is 2.57 bits per heavy atom.